The molecule has 1 aromatic carbocycles. The van der Waals surface area contributed by atoms with E-state index in [4.69, 9.17) is 16.7 Å². The summed E-state index contributed by atoms with van der Waals surface area (Å²) in [7, 11) is 0. The summed E-state index contributed by atoms with van der Waals surface area (Å²) in [6.07, 6.45) is 0. The maximum Gasteiger partial charge on any atom is 0.341 e. The van der Waals surface area contributed by atoms with Gasteiger partial charge in [0.15, 0.2) is 5.43 Å². The minimum atomic E-state index is -1.22. The van der Waals surface area contributed by atoms with Crippen LogP contribution in [0.1, 0.15) is 21.7 Å². The number of carboxylic acid groups (broad SMARTS) is 1. The van der Waals surface area contributed by atoms with E-state index in [-0.39, 0.29) is 5.56 Å². The fraction of sp³-hybridized carbons (Fsp3) is 0.143. The Morgan fingerprint density at radius 3 is 2.53 bits per heavy atom. The summed E-state index contributed by atoms with van der Waals surface area (Å²) in [6, 6.07) is 8.35. The molecular formula is C14H12ClNO3. The molecule has 0 saturated heterocycles. The van der Waals surface area contributed by atoms with Gasteiger partial charge in [0.05, 0.1) is 0 Å². The molecule has 0 amide bonds. The van der Waals surface area contributed by atoms with Crippen LogP contribution in [-0.2, 0) is 0 Å². The molecule has 0 aliphatic carbocycles. The third-order valence-electron chi connectivity index (χ3n) is 2.92. The quantitative estimate of drug-likeness (QED) is 0.918. The molecule has 0 saturated carbocycles. The van der Waals surface area contributed by atoms with Gasteiger partial charge in [-0.25, -0.2) is 4.79 Å². The van der Waals surface area contributed by atoms with Crippen LogP contribution in [0.3, 0.4) is 0 Å². The van der Waals surface area contributed by atoms with Crippen LogP contribution >= 0.6 is 11.6 Å². The van der Waals surface area contributed by atoms with Crippen molar-refractivity contribution >= 4 is 17.6 Å². The first-order valence-electron chi connectivity index (χ1n) is 5.64. The SMILES string of the molecule is Cc1cc(=O)c(C(=O)O)c(C)n1-c1cccc(Cl)c1. The molecule has 0 aliphatic heterocycles. The molecule has 1 heterocycles. The van der Waals surface area contributed by atoms with Gasteiger partial charge in [0.1, 0.15) is 5.56 Å². The maximum absolute atomic E-state index is 11.7. The van der Waals surface area contributed by atoms with E-state index < -0.39 is 11.4 Å². The number of benzene rings is 1. The van der Waals surface area contributed by atoms with Crippen molar-refractivity contribution in [1.82, 2.24) is 4.57 Å². The van der Waals surface area contributed by atoms with Crippen LogP contribution in [0.4, 0.5) is 0 Å². The summed E-state index contributed by atoms with van der Waals surface area (Å²) in [5.41, 5.74) is 1.07. The molecule has 0 aliphatic rings. The molecule has 0 unspecified atom stereocenters. The molecule has 4 nitrogen and oxygen atoms in total. The van der Waals surface area contributed by atoms with Crippen LogP contribution in [0.2, 0.25) is 5.02 Å². The number of pyridine rings is 1. The molecule has 5 heteroatoms. The number of nitrogens with zero attached hydrogens (tertiary/aromatic N) is 1. The zero-order chi connectivity index (χ0) is 14.2. The van der Waals surface area contributed by atoms with E-state index in [9.17, 15) is 9.59 Å². The number of aromatic carboxylic acids is 1. The number of aromatic nitrogens is 1. The van der Waals surface area contributed by atoms with Crippen LogP contribution in [0.15, 0.2) is 35.1 Å². The number of aryl methyl sites for hydroxylation is 1. The van der Waals surface area contributed by atoms with Crippen LogP contribution < -0.4 is 5.43 Å². The zero-order valence-corrected chi connectivity index (χ0v) is 11.2. The average molecular weight is 278 g/mol. The summed E-state index contributed by atoms with van der Waals surface area (Å²) in [5, 5.41) is 9.67. The standard InChI is InChI=1S/C14H12ClNO3/c1-8-6-12(17)13(14(18)19)9(2)16(8)11-5-3-4-10(15)7-11/h3-7H,1-2H3,(H,18,19). The predicted molar refractivity (Wildman–Crippen MR) is 73.5 cm³/mol. The minimum Gasteiger partial charge on any atom is -0.477 e. The molecule has 2 rings (SSSR count). The lowest BCUT2D eigenvalue weighted by atomic mass is 10.1. The van der Waals surface area contributed by atoms with Gasteiger partial charge in [-0.2, -0.15) is 0 Å². The molecule has 19 heavy (non-hydrogen) atoms. The van der Waals surface area contributed by atoms with Gasteiger partial charge in [0.25, 0.3) is 0 Å². The first kappa shape index (κ1) is 13.4. The smallest absolute Gasteiger partial charge is 0.341 e. The molecular weight excluding hydrogens is 266 g/mol. The molecule has 1 aromatic heterocycles. The van der Waals surface area contributed by atoms with Gasteiger partial charge in [-0.05, 0) is 32.0 Å². The Balaban J connectivity index is 2.81. The molecule has 0 fully saturated rings. The van der Waals surface area contributed by atoms with Gasteiger partial charge in [0, 0.05) is 28.2 Å². The Bertz CT molecular complexity index is 719. The fourth-order valence-corrected chi connectivity index (χ4v) is 2.34. The van der Waals surface area contributed by atoms with Gasteiger partial charge in [-0.3, -0.25) is 4.79 Å². The topological polar surface area (TPSA) is 59.3 Å². The molecule has 0 spiro atoms. The number of halogens is 1. The highest BCUT2D eigenvalue weighted by atomic mass is 35.5. The summed E-state index contributed by atoms with van der Waals surface area (Å²) in [4.78, 5) is 22.9. The summed E-state index contributed by atoms with van der Waals surface area (Å²) in [5.74, 6) is -1.22. The Kier molecular flexibility index (Phi) is 3.44. The van der Waals surface area contributed by atoms with Gasteiger partial charge < -0.3 is 9.67 Å². The van der Waals surface area contributed by atoms with Gasteiger partial charge in [-0.15, -0.1) is 0 Å². The number of rotatable bonds is 2. The first-order valence-corrected chi connectivity index (χ1v) is 6.02. The number of carboxylic acids is 1. The summed E-state index contributed by atoms with van der Waals surface area (Å²) < 4.78 is 1.71. The van der Waals surface area contributed by atoms with Crippen molar-refractivity contribution in [3.8, 4) is 5.69 Å². The Hall–Kier alpha value is -2.07. The fourth-order valence-electron chi connectivity index (χ4n) is 2.15. The van der Waals surface area contributed by atoms with Crippen molar-refractivity contribution in [2.75, 3.05) is 0 Å². The van der Waals surface area contributed by atoms with Crippen LogP contribution in [0.25, 0.3) is 5.69 Å². The molecule has 98 valence electrons. The van der Waals surface area contributed by atoms with E-state index in [1.165, 1.54) is 6.07 Å². The average Bonchev–Trinajstić information content (AvgIpc) is 2.27. The van der Waals surface area contributed by atoms with Crippen molar-refractivity contribution in [1.29, 1.82) is 0 Å². The second-order valence-electron chi connectivity index (χ2n) is 4.23. The lowest BCUT2D eigenvalue weighted by Crippen LogP contribution is -2.22. The second-order valence-corrected chi connectivity index (χ2v) is 4.67. The monoisotopic (exact) mass is 277 g/mol. The summed E-state index contributed by atoms with van der Waals surface area (Å²) >= 11 is 5.94. The van der Waals surface area contributed by atoms with E-state index in [1.54, 1.807) is 36.6 Å². The lowest BCUT2D eigenvalue weighted by Gasteiger charge is -2.16. The van der Waals surface area contributed by atoms with E-state index in [0.29, 0.717) is 16.4 Å². The van der Waals surface area contributed by atoms with Crippen molar-refractivity contribution in [2.45, 2.75) is 13.8 Å². The Morgan fingerprint density at radius 1 is 1.26 bits per heavy atom. The van der Waals surface area contributed by atoms with Crippen LogP contribution in [0.5, 0.6) is 0 Å². The number of hydrogen-bond acceptors (Lipinski definition) is 2. The van der Waals surface area contributed by atoms with Crippen molar-refractivity contribution in [3.05, 3.63) is 62.5 Å². The van der Waals surface area contributed by atoms with Crippen LogP contribution in [-0.4, -0.2) is 15.6 Å². The highest BCUT2D eigenvalue weighted by Gasteiger charge is 2.17. The largest absolute Gasteiger partial charge is 0.477 e. The molecule has 0 radical (unpaired) electrons. The highest BCUT2D eigenvalue weighted by Crippen LogP contribution is 2.19. The Labute approximate surface area is 114 Å². The van der Waals surface area contributed by atoms with Crippen LogP contribution in [0, 0.1) is 13.8 Å². The van der Waals surface area contributed by atoms with E-state index in [1.807, 2.05) is 6.07 Å². The molecule has 0 bridgehead atoms. The molecule has 2 aromatic rings. The second kappa shape index (κ2) is 4.90. The lowest BCUT2D eigenvalue weighted by molar-refractivity contribution is 0.0694. The van der Waals surface area contributed by atoms with E-state index in [2.05, 4.69) is 0 Å². The normalized spacial score (nSPS) is 10.5. The van der Waals surface area contributed by atoms with E-state index >= 15 is 0 Å². The van der Waals surface area contributed by atoms with Gasteiger partial charge >= 0.3 is 5.97 Å². The minimum absolute atomic E-state index is 0.217. The Morgan fingerprint density at radius 2 is 1.95 bits per heavy atom. The maximum atomic E-state index is 11.7. The third kappa shape index (κ3) is 2.39. The molecule has 1 N–H and O–H groups in total. The van der Waals surface area contributed by atoms with Gasteiger partial charge in [0.2, 0.25) is 0 Å². The zero-order valence-electron chi connectivity index (χ0n) is 10.5. The number of carbonyl (C=O) groups is 1. The van der Waals surface area contributed by atoms with Crippen molar-refractivity contribution in [3.63, 3.8) is 0 Å². The molecule has 0 atom stereocenters. The predicted octanol–water partition coefficient (Wildman–Crippen LogP) is 2.81. The first-order chi connectivity index (χ1) is 8.91. The van der Waals surface area contributed by atoms with E-state index in [0.717, 1.165) is 5.69 Å². The van der Waals surface area contributed by atoms with Gasteiger partial charge in [-0.1, -0.05) is 17.7 Å². The highest BCUT2D eigenvalue weighted by molar-refractivity contribution is 6.30. The van der Waals surface area contributed by atoms with Crippen molar-refractivity contribution in [2.24, 2.45) is 0 Å². The van der Waals surface area contributed by atoms with Crippen molar-refractivity contribution < 1.29 is 9.90 Å². The number of hydrogen-bond donors (Lipinski definition) is 1. The third-order valence-corrected chi connectivity index (χ3v) is 3.15. The summed E-state index contributed by atoms with van der Waals surface area (Å²) in [6.45, 7) is 3.36.